The summed E-state index contributed by atoms with van der Waals surface area (Å²) in [6.07, 6.45) is 1.84. The second-order valence-electron chi connectivity index (χ2n) is 11.8. The summed E-state index contributed by atoms with van der Waals surface area (Å²) in [5, 5.41) is 4.01. The van der Waals surface area contributed by atoms with Gasteiger partial charge >= 0.3 is 26.2 Å². The molecule has 10 rings (SSSR count). The van der Waals surface area contributed by atoms with Crippen LogP contribution in [0.4, 0.5) is 0 Å². The van der Waals surface area contributed by atoms with Gasteiger partial charge in [-0.05, 0) is 94.7 Å². The molecule has 0 fully saturated rings. The van der Waals surface area contributed by atoms with E-state index in [1.165, 1.54) is 77.9 Å². The first kappa shape index (κ1) is 35.3. The van der Waals surface area contributed by atoms with Gasteiger partial charge in [-0.15, -0.1) is 59.3 Å². The van der Waals surface area contributed by atoms with Crippen molar-refractivity contribution in [1.82, 2.24) is 9.13 Å². The molecule has 2 aliphatic carbocycles. The van der Waals surface area contributed by atoms with E-state index in [2.05, 4.69) is 130 Å². The summed E-state index contributed by atoms with van der Waals surface area (Å²) in [4.78, 5) is 0. The molecular weight excluding hydrogens is 766 g/mol. The Labute approximate surface area is 327 Å². The number of nitrogens with zero attached hydrogens (tertiary/aromatic N) is 2. The van der Waals surface area contributed by atoms with E-state index >= 15 is 0 Å². The van der Waals surface area contributed by atoms with Gasteiger partial charge in [0.2, 0.25) is 0 Å². The zero-order valence-electron chi connectivity index (χ0n) is 26.0. The van der Waals surface area contributed by atoms with Gasteiger partial charge in [-0.25, -0.2) is 0 Å². The number of hydrogen-bond donors (Lipinski definition) is 0. The minimum absolute atomic E-state index is 0. The Morgan fingerprint density at radius 2 is 0.898 bits per heavy atom. The first-order valence-electron chi connectivity index (χ1n) is 15.4. The van der Waals surface area contributed by atoms with Crippen LogP contribution in [0.15, 0.2) is 133 Å². The molecule has 0 aliphatic heterocycles. The predicted octanol–water partition coefficient (Wildman–Crippen LogP) is 5.32. The summed E-state index contributed by atoms with van der Waals surface area (Å²) in [5.74, 6) is 0. The monoisotopic (exact) mass is 788 g/mol. The number of rotatable bonds is 2. The molecule has 2 aliphatic rings. The third-order valence-corrected chi connectivity index (χ3v) is 9.65. The van der Waals surface area contributed by atoms with Crippen LogP contribution in [-0.4, -0.2) is 9.13 Å². The summed E-state index contributed by atoms with van der Waals surface area (Å²) in [7, 11) is 0. The van der Waals surface area contributed by atoms with E-state index < -0.39 is 0 Å². The summed E-state index contributed by atoms with van der Waals surface area (Å²) in [6, 6.07) is 52.8. The van der Waals surface area contributed by atoms with Crippen molar-refractivity contribution in [2.45, 2.75) is 12.8 Å². The predicted molar refractivity (Wildman–Crippen MR) is 191 cm³/mol. The molecule has 0 radical (unpaired) electrons. The van der Waals surface area contributed by atoms with Gasteiger partial charge < -0.3 is 33.9 Å². The Balaban J connectivity index is 0.000000160. The summed E-state index contributed by atoms with van der Waals surface area (Å²) in [6.45, 7) is 0. The van der Waals surface area contributed by atoms with Gasteiger partial charge in [-0.2, -0.15) is 0 Å². The quantitative estimate of drug-likeness (QED) is 0.210. The molecule has 0 amide bonds. The van der Waals surface area contributed by atoms with Crippen molar-refractivity contribution in [2.24, 2.45) is 0 Å². The van der Waals surface area contributed by atoms with E-state index in [1.54, 1.807) is 0 Å². The average molecular weight is 792 g/mol. The zero-order chi connectivity index (χ0) is 30.8. The fourth-order valence-corrected chi connectivity index (χ4v) is 7.71. The maximum Gasteiger partial charge on any atom is 4.00 e. The van der Waals surface area contributed by atoms with E-state index in [-0.39, 0.29) is 51.0 Å². The Kier molecular flexibility index (Phi) is 10.3. The molecule has 0 atom stereocenters. The van der Waals surface area contributed by atoms with Crippen LogP contribution in [0.1, 0.15) is 22.3 Å². The van der Waals surface area contributed by atoms with Crippen LogP contribution in [0.25, 0.3) is 55.7 Å². The van der Waals surface area contributed by atoms with E-state index in [1.807, 2.05) is 24.3 Å². The molecular formula is C42H26Cl4N2Zr. The van der Waals surface area contributed by atoms with Crippen LogP contribution in [0.3, 0.4) is 0 Å². The van der Waals surface area contributed by atoms with Gasteiger partial charge in [0.15, 0.2) is 0 Å². The van der Waals surface area contributed by atoms with Crippen LogP contribution >= 0.6 is 23.2 Å². The fraction of sp³-hybridized carbons (Fsp3) is 0.0476. The van der Waals surface area contributed by atoms with Crippen LogP contribution in [0, 0.1) is 12.1 Å². The van der Waals surface area contributed by atoms with Crippen molar-refractivity contribution in [2.75, 3.05) is 0 Å². The van der Waals surface area contributed by atoms with Gasteiger partial charge in [0.05, 0.1) is 0 Å². The third kappa shape index (κ3) is 5.90. The molecule has 0 saturated carbocycles. The van der Waals surface area contributed by atoms with Crippen molar-refractivity contribution in [3.05, 3.63) is 178 Å². The van der Waals surface area contributed by atoms with Crippen LogP contribution in [0.5, 0.6) is 0 Å². The first-order chi connectivity index (χ1) is 22.7. The van der Waals surface area contributed by atoms with Gasteiger partial charge in [0.1, 0.15) is 0 Å². The maximum absolute atomic E-state index is 6.19. The molecule has 7 heteroatoms. The minimum Gasteiger partial charge on any atom is -1.00 e. The van der Waals surface area contributed by atoms with E-state index in [0.717, 1.165) is 22.9 Å². The second-order valence-corrected chi connectivity index (χ2v) is 12.7. The van der Waals surface area contributed by atoms with Gasteiger partial charge in [-0.1, -0.05) is 82.9 Å². The minimum atomic E-state index is 0. The zero-order valence-corrected chi connectivity index (χ0v) is 31.5. The molecule has 2 heterocycles. The number of aromatic nitrogens is 2. The molecule has 6 aromatic carbocycles. The van der Waals surface area contributed by atoms with E-state index in [4.69, 9.17) is 23.2 Å². The van der Waals surface area contributed by atoms with Crippen molar-refractivity contribution < 1.29 is 51.0 Å². The largest absolute Gasteiger partial charge is 4.00 e. The molecule has 0 unspecified atom stereocenters. The Morgan fingerprint density at radius 1 is 0.490 bits per heavy atom. The Bertz CT molecular complexity index is 2280. The summed E-state index contributed by atoms with van der Waals surface area (Å²) >= 11 is 12.4. The Morgan fingerprint density at radius 3 is 1.31 bits per heavy atom. The molecule has 2 aromatic heterocycles. The smallest absolute Gasteiger partial charge is 1.00 e. The molecule has 0 N–H and O–H groups in total. The molecule has 2 nitrogen and oxygen atoms in total. The average Bonchev–Trinajstić information content (AvgIpc) is 3.82. The number of fused-ring (bicyclic) bond motifs is 10. The maximum atomic E-state index is 6.19. The molecule has 0 spiro atoms. The van der Waals surface area contributed by atoms with Gasteiger partial charge in [0, 0.05) is 32.8 Å². The van der Waals surface area contributed by atoms with Crippen LogP contribution in [-0.2, 0) is 39.0 Å². The van der Waals surface area contributed by atoms with Crippen molar-refractivity contribution in [1.29, 1.82) is 0 Å². The second kappa shape index (κ2) is 14.4. The van der Waals surface area contributed by atoms with Crippen LogP contribution in [0.2, 0.25) is 10.0 Å². The standard InChI is InChI=1S/2C21H13ClN.2ClH.Zr/c2*22-15-10-11-17-14(12-15)13-19-18-8-4-5-9-20(18)23(21(17)19)16-6-2-1-3-7-16;;;/h2*1-7,9-12H,13H2;2*1H;/q2*-1;;;+4/p-2. The number of hydrogen-bond acceptors (Lipinski definition) is 0. The van der Waals surface area contributed by atoms with Crippen molar-refractivity contribution >= 4 is 45.0 Å². The summed E-state index contributed by atoms with van der Waals surface area (Å²) < 4.78 is 4.70. The van der Waals surface area contributed by atoms with Crippen LogP contribution < -0.4 is 24.8 Å². The molecule has 8 aromatic rings. The third-order valence-electron chi connectivity index (χ3n) is 9.18. The first-order valence-corrected chi connectivity index (χ1v) is 16.2. The molecule has 0 bridgehead atoms. The Hall–Kier alpha value is -3.56. The molecule has 49 heavy (non-hydrogen) atoms. The summed E-state index contributed by atoms with van der Waals surface area (Å²) in [5.41, 5.74) is 15.2. The fourth-order valence-electron chi connectivity index (χ4n) is 7.32. The molecule has 0 saturated heterocycles. The topological polar surface area (TPSA) is 9.86 Å². The number of benzene rings is 6. The molecule has 236 valence electrons. The van der Waals surface area contributed by atoms with Crippen molar-refractivity contribution in [3.8, 4) is 33.9 Å². The van der Waals surface area contributed by atoms with E-state index in [9.17, 15) is 0 Å². The van der Waals surface area contributed by atoms with Crippen molar-refractivity contribution in [3.63, 3.8) is 0 Å². The normalized spacial score (nSPS) is 11.6. The number of para-hydroxylation sites is 2. The van der Waals surface area contributed by atoms with E-state index in [0.29, 0.717) is 0 Å². The van der Waals surface area contributed by atoms with Gasteiger partial charge in [0.25, 0.3) is 0 Å². The van der Waals surface area contributed by atoms with Gasteiger partial charge in [-0.3, -0.25) is 0 Å². The number of halogens is 4. The SMILES string of the molecule is Clc1ccc2c(c1)Cc1c-2n(-c2ccccc2)c2ccc[c-]c12.Clc1ccc2c(c1)Cc1c-2n(-c2ccccc2)c2ccc[c-]c12.[Cl-].[Cl-].[Zr+4].